The predicted octanol–water partition coefficient (Wildman–Crippen LogP) is 4.84. The van der Waals surface area contributed by atoms with Crippen LogP contribution in [0.3, 0.4) is 0 Å². The molecule has 0 aliphatic carbocycles. The van der Waals surface area contributed by atoms with Crippen LogP contribution < -0.4 is 0 Å². The van der Waals surface area contributed by atoms with Crippen molar-refractivity contribution in [3.8, 4) is 0 Å². The third-order valence-electron chi connectivity index (χ3n) is 4.49. The number of benzene rings is 1. The Morgan fingerprint density at radius 3 is 2.62 bits per heavy atom. The van der Waals surface area contributed by atoms with Gasteiger partial charge in [-0.2, -0.15) is 0 Å². The van der Waals surface area contributed by atoms with Gasteiger partial charge in [0.1, 0.15) is 0 Å². The lowest BCUT2D eigenvalue weighted by Gasteiger charge is -2.32. The van der Waals surface area contributed by atoms with Crippen LogP contribution in [0.2, 0.25) is 0 Å². The molecule has 26 heavy (non-hydrogen) atoms. The van der Waals surface area contributed by atoms with Gasteiger partial charge in [-0.1, -0.05) is 6.07 Å². The average molecular weight is 485 g/mol. The Morgan fingerprint density at radius 2 is 1.92 bits per heavy atom. The molecule has 0 unspecified atom stereocenters. The summed E-state index contributed by atoms with van der Waals surface area (Å²) in [6, 6.07) is 7.85. The number of rotatable bonds is 2. The van der Waals surface area contributed by atoms with Gasteiger partial charge in [-0.25, -0.2) is 0 Å². The topological polar surface area (TPSA) is 51.1 Å². The van der Waals surface area contributed by atoms with Gasteiger partial charge in [-0.05, 0) is 46.6 Å². The summed E-state index contributed by atoms with van der Waals surface area (Å²) in [7, 11) is 0. The van der Waals surface area contributed by atoms with Crippen molar-refractivity contribution in [3.63, 3.8) is 0 Å². The van der Waals surface area contributed by atoms with Crippen LogP contribution in [-0.4, -0.2) is 25.5 Å². The minimum atomic E-state index is -4.15. The zero-order chi connectivity index (χ0) is 18.8. The summed E-state index contributed by atoms with van der Waals surface area (Å²) in [6.07, 6.45) is 3.06. The Hall–Kier alpha value is -2.07. The lowest BCUT2D eigenvalue weighted by Crippen LogP contribution is -2.50. The first-order valence-corrected chi connectivity index (χ1v) is 9.21. The summed E-state index contributed by atoms with van der Waals surface area (Å²) in [5.74, 6) is 0. The largest absolute Gasteiger partial charge is 0.738 e. The fourth-order valence-electron chi connectivity index (χ4n) is 3.41. The van der Waals surface area contributed by atoms with Crippen molar-refractivity contribution in [2.45, 2.75) is 6.92 Å². The summed E-state index contributed by atoms with van der Waals surface area (Å²) >= 11 is 6.35. The highest BCUT2D eigenvalue weighted by Gasteiger charge is 2.54. The monoisotopic (exact) mass is 483 g/mol. The minimum Gasteiger partial charge on any atom is -0.389 e. The zero-order valence-corrected chi connectivity index (χ0v) is 16.5. The lowest BCUT2D eigenvalue weighted by molar-refractivity contribution is -0.385. The molecule has 1 aromatic carbocycles. The Morgan fingerprint density at radius 1 is 1.19 bits per heavy atom. The van der Waals surface area contributed by atoms with Gasteiger partial charge in [-0.15, -0.1) is 0 Å². The molecule has 0 saturated carbocycles. The molecule has 2 aliphatic heterocycles. The van der Waals surface area contributed by atoms with Crippen LogP contribution in [0.4, 0.5) is 14.3 Å². The molecule has 0 radical (unpaired) electrons. The maximum absolute atomic E-state index is 15.2. The van der Waals surface area contributed by atoms with Crippen LogP contribution in [0.5, 0.6) is 0 Å². The zero-order valence-electron chi connectivity index (χ0n) is 13.3. The second-order valence-electron chi connectivity index (χ2n) is 6.06. The maximum Gasteiger partial charge on any atom is 0.738 e. The van der Waals surface area contributed by atoms with Crippen molar-refractivity contribution in [3.05, 3.63) is 79.7 Å². The highest BCUT2D eigenvalue weighted by Crippen LogP contribution is 2.44. The Labute approximate surface area is 163 Å². The molecule has 3 heterocycles. The van der Waals surface area contributed by atoms with E-state index in [1.54, 1.807) is 31.2 Å². The van der Waals surface area contributed by atoms with E-state index in [1.165, 1.54) is 18.2 Å². The summed E-state index contributed by atoms with van der Waals surface area (Å²) < 4.78 is 32.5. The summed E-state index contributed by atoms with van der Waals surface area (Å²) in [5, 5.41) is 11.6. The molecule has 2 aromatic rings. The van der Waals surface area contributed by atoms with E-state index in [4.69, 9.17) is 0 Å². The Balaban J connectivity index is 2.14. The molecule has 132 valence electrons. The SMILES string of the molecule is Cc1ccc(C2=C3C=CC(Br)=[N+]3[B-](F)(F)n3c(Br)ccc32)c([N+](=O)[O-])c1. The van der Waals surface area contributed by atoms with Gasteiger partial charge in [-0.3, -0.25) is 10.1 Å². The molecule has 0 saturated heterocycles. The molecular weight excluding hydrogens is 475 g/mol. The molecule has 0 fully saturated rings. The van der Waals surface area contributed by atoms with Gasteiger partial charge in [0, 0.05) is 39.8 Å². The van der Waals surface area contributed by atoms with Crippen molar-refractivity contribution in [2.24, 2.45) is 0 Å². The minimum absolute atomic E-state index is 0.120. The molecule has 0 amide bonds. The van der Waals surface area contributed by atoms with Gasteiger partial charge in [0.25, 0.3) is 5.69 Å². The van der Waals surface area contributed by atoms with Gasteiger partial charge in [0.05, 0.1) is 20.7 Å². The Kier molecular flexibility index (Phi) is 3.82. The number of nitrogens with zero attached hydrogens (tertiary/aromatic N) is 3. The first-order valence-electron chi connectivity index (χ1n) is 7.62. The number of allylic oxidation sites excluding steroid dienone is 2. The van der Waals surface area contributed by atoms with Crippen LogP contribution in [0.15, 0.2) is 52.8 Å². The van der Waals surface area contributed by atoms with Crippen LogP contribution in [0, 0.1) is 17.0 Å². The number of aryl methyl sites for hydroxylation is 1. The molecular formula is C16H10BBr2F2N3O2. The fraction of sp³-hybridized carbons (Fsp3) is 0.0625. The first kappa shape index (κ1) is 17.4. The van der Waals surface area contributed by atoms with E-state index in [0.717, 1.165) is 14.5 Å². The van der Waals surface area contributed by atoms with E-state index >= 15 is 8.63 Å². The van der Waals surface area contributed by atoms with Gasteiger partial charge >= 0.3 is 6.97 Å². The third-order valence-corrected chi connectivity index (χ3v) is 5.78. The number of nitro benzene ring substituents is 1. The number of hydrogen-bond acceptors (Lipinski definition) is 2. The molecule has 0 atom stereocenters. The molecule has 1 aromatic heterocycles. The maximum atomic E-state index is 15.2. The quantitative estimate of drug-likeness (QED) is 0.348. The number of hydrogen-bond donors (Lipinski definition) is 0. The average Bonchev–Trinajstić information content (AvgIpc) is 3.13. The second-order valence-corrected chi connectivity index (χ2v) is 7.69. The van der Waals surface area contributed by atoms with Crippen molar-refractivity contribution in [1.82, 2.24) is 4.48 Å². The van der Waals surface area contributed by atoms with Crippen molar-refractivity contribution >= 4 is 54.7 Å². The van der Waals surface area contributed by atoms with Crippen molar-refractivity contribution in [2.75, 3.05) is 0 Å². The van der Waals surface area contributed by atoms with Crippen LogP contribution in [-0.2, 0) is 0 Å². The van der Waals surface area contributed by atoms with E-state index in [1.807, 2.05) is 0 Å². The van der Waals surface area contributed by atoms with Crippen LogP contribution >= 0.6 is 31.9 Å². The number of fused-ring (bicyclic) bond motifs is 2. The molecule has 2 aliphatic rings. The predicted molar refractivity (Wildman–Crippen MR) is 103 cm³/mol. The van der Waals surface area contributed by atoms with Crippen LogP contribution in [0.25, 0.3) is 5.57 Å². The highest BCUT2D eigenvalue weighted by atomic mass is 79.9. The molecule has 0 spiro atoms. The first-order chi connectivity index (χ1) is 12.2. The number of halogens is 4. The molecule has 0 bridgehead atoms. The van der Waals surface area contributed by atoms with Gasteiger partial charge in [0.2, 0.25) is 4.62 Å². The molecule has 10 heteroatoms. The normalized spacial score (nSPS) is 17.6. The van der Waals surface area contributed by atoms with Crippen LogP contribution in [0.1, 0.15) is 16.8 Å². The molecule has 5 nitrogen and oxygen atoms in total. The summed E-state index contributed by atoms with van der Waals surface area (Å²) in [6.45, 7) is -2.40. The van der Waals surface area contributed by atoms with E-state index < -0.39 is 11.9 Å². The highest BCUT2D eigenvalue weighted by molar-refractivity contribution is 9.18. The number of aromatic nitrogens is 1. The van der Waals surface area contributed by atoms with E-state index in [9.17, 15) is 10.1 Å². The summed E-state index contributed by atoms with van der Waals surface area (Å²) in [4.78, 5) is 11.1. The van der Waals surface area contributed by atoms with E-state index in [0.29, 0.717) is 11.1 Å². The second kappa shape index (κ2) is 5.72. The Bertz CT molecular complexity index is 1090. The van der Waals surface area contributed by atoms with E-state index in [-0.39, 0.29) is 26.3 Å². The third kappa shape index (κ3) is 2.28. The molecule has 0 N–H and O–H groups in total. The van der Waals surface area contributed by atoms with Gasteiger partial charge < -0.3 is 17.6 Å². The number of nitro groups is 1. The fourth-order valence-corrected chi connectivity index (χ4v) is 4.55. The molecule has 4 rings (SSSR count). The van der Waals surface area contributed by atoms with Crippen molar-refractivity contribution < 1.29 is 18.0 Å². The van der Waals surface area contributed by atoms with Crippen molar-refractivity contribution in [1.29, 1.82) is 0 Å². The summed E-state index contributed by atoms with van der Waals surface area (Å²) in [5.41, 5.74) is 1.75. The lowest BCUT2D eigenvalue weighted by atomic mass is 9.86. The smallest absolute Gasteiger partial charge is 0.389 e. The van der Waals surface area contributed by atoms with E-state index in [2.05, 4.69) is 31.9 Å². The van der Waals surface area contributed by atoms with Gasteiger partial charge in [0.15, 0.2) is 5.70 Å². The standard InChI is InChI=1S/C16H10BBr2F2N3O2/c1-9-2-3-10(13(8-9)24(25)26)16-11-4-6-14(18)22(11)17(20,21)23-12(16)5-7-15(23)19/h2-8H,1H3.